The minimum atomic E-state index is -0.0562. The maximum atomic E-state index is 12.9. The van der Waals surface area contributed by atoms with Gasteiger partial charge in [-0.25, -0.2) is 0 Å². The molecular weight excluding hydrogens is 330 g/mol. The second-order valence-electron chi connectivity index (χ2n) is 6.42. The van der Waals surface area contributed by atoms with Crippen molar-refractivity contribution in [1.29, 1.82) is 0 Å². The van der Waals surface area contributed by atoms with Gasteiger partial charge in [0.2, 0.25) is 0 Å². The number of amides is 1. The highest BCUT2D eigenvalue weighted by molar-refractivity contribution is 7.98. The lowest BCUT2D eigenvalue weighted by Crippen LogP contribution is -2.42. The molecule has 1 atom stereocenters. The first-order chi connectivity index (χ1) is 12.2. The van der Waals surface area contributed by atoms with Crippen LogP contribution < -0.4 is 0 Å². The molecule has 0 bridgehead atoms. The smallest absolute Gasteiger partial charge is 0.255 e. The average Bonchev–Trinajstić information content (AvgIpc) is 2.68. The molecule has 1 fully saturated rings. The highest BCUT2D eigenvalue weighted by Gasteiger charge is 2.29. The fraction of sp³-hybridized carbons (Fsp3) is 0.333. The van der Waals surface area contributed by atoms with Crippen LogP contribution in [0.2, 0.25) is 0 Å². The summed E-state index contributed by atoms with van der Waals surface area (Å²) >= 11 is 1.58. The van der Waals surface area contributed by atoms with Crippen LogP contribution in [-0.2, 0) is 11.2 Å². The second-order valence-corrected chi connectivity index (χ2v) is 7.27. The molecule has 1 amide bonds. The van der Waals surface area contributed by atoms with Gasteiger partial charge >= 0.3 is 0 Å². The summed E-state index contributed by atoms with van der Waals surface area (Å²) in [5.74, 6) is 0.225. The highest BCUT2D eigenvalue weighted by atomic mass is 32.2. The van der Waals surface area contributed by atoms with Gasteiger partial charge in [0.1, 0.15) is 5.78 Å². The Morgan fingerprint density at radius 2 is 1.80 bits per heavy atom. The molecule has 3 rings (SSSR count). The van der Waals surface area contributed by atoms with E-state index in [4.69, 9.17) is 0 Å². The van der Waals surface area contributed by atoms with Crippen LogP contribution in [0.4, 0.5) is 0 Å². The van der Waals surface area contributed by atoms with Crippen molar-refractivity contribution in [3.63, 3.8) is 0 Å². The van der Waals surface area contributed by atoms with Crippen molar-refractivity contribution in [2.75, 3.05) is 19.3 Å². The van der Waals surface area contributed by atoms with Gasteiger partial charge in [-0.15, -0.1) is 11.8 Å². The summed E-state index contributed by atoms with van der Waals surface area (Å²) in [7, 11) is 0. The van der Waals surface area contributed by atoms with E-state index in [0.717, 1.165) is 35.4 Å². The number of benzene rings is 2. The van der Waals surface area contributed by atoms with Crippen LogP contribution >= 0.6 is 11.8 Å². The molecule has 130 valence electrons. The maximum Gasteiger partial charge on any atom is 0.255 e. The third-order valence-electron chi connectivity index (χ3n) is 4.72. The molecule has 0 aromatic heterocycles. The minimum absolute atomic E-state index is 0.0437. The SMILES string of the molecule is CSc1ccccc1C(=O)N1CCC[C@@H](C(=O)Cc2ccccc2)C1. The lowest BCUT2D eigenvalue weighted by atomic mass is 9.90. The third-order valence-corrected chi connectivity index (χ3v) is 5.52. The summed E-state index contributed by atoms with van der Waals surface area (Å²) in [5, 5.41) is 0. The third kappa shape index (κ3) is 4.31. The molecule has 0 unspecified atom stereocenters. The minimum Gasteiger partial charge on any atom is -0.338 e. The largest absolute Gasteiger partial charge is 0.338 e. The van der Waals surface area contributed by atoms with E-state index in [0.29, 0.717) is 13.0 Å². The van der Waals surface area contributed by atoms with Crippen LogP contribution in [0.15, 0.2) is 59.5 Å². The Labute approximate surface area is 153 Å². The Hall–Kier alpha value is -2.07. The van der Waals surface area contributed by atoms with Crippen LogP contribution in [0.3, 0.4) is 0 Å². The van der Waals surface area contributed by atoms with Crippen molar-refractivity contribution in [2.45, 2.75) is 24.2 Å². The zero-order chi connectivity index (χ0) is 17.6. The molecule has 2 aromatic rings. The lowest BCUT2D eigenvalue weighted by molar-refractivity contribution is -0.123. The lowest BCUT2D eigenvalue weighted by Gasteiger charge is -2.32. The van der Waals surface area contributed by atoms with E-state index in [9.17, 15) is 9.59 Å². The first kappa shape index (κ1) is 17.7. The van der Waals surface area contributed by atoms with Gasteiger partial charge in [-0.3, -0.25) is 9.59 Å². The number of nitrogens with zero attached hydrogens (tertiary/aromatic N) is 1. The predicted octanol–water partition coefficient (Wildman–Crippen LogP) is 4.07. The topological polar surface area (TPSA) is 37.4 Å². The highest BCUT2D eigenvalue weighted by Crippen LogP contribution is 2.25. The number of hydrogen-bond acceptors (Lipinski definition) is 3. The van der Waals surface area contributed by atoms with Crippen molar-refractivity contribution < 1.29 is 9.59 Å². The quantitative estimate of drug-likeness (QED) is 0.760. The summed E-state index contributed by atoms with van der Waals surface area (Å²) in [6, 6.07) is 17.5. The van der Waals surface area contributed by atoms with Crippen LogP contribution in [0.25, 0.3) is 0 Å². The Morgan fingerprint density at radius 3 is 2.56 bits per heavy atom. The molecule has 0 aliphatic carbocycles. The molecule has 1 aliphatic rings. The molecule has 2 aromatic carbocycles. The molecule has 25 heavy (non-hydrogen) atoms. The van der Waals surface area contributed by atoms with Crippen molar-refractivity contribution in [3.8, 4) is 0 Å². The summed E-state index contributed by atoms with van der Waals surface area (Å²) in [5.41, 5.74) is 1.79. The fourth-order valence-corrected chi connectivity index (χ4v) is 3.95. The predicted molar refractivity (Wildman–Crippen MR) is 102 cm³/mol. The van der Waals surface area contributed by atoms with E-state index in [2.05, 4.69) is 0 Å². The van der Waals surface area contributed by atoms with Gasteiger partial charge in [0.25, 0.3) is 5.91 Å². The number of piperidine rings is 1. The van der Waals surface area contributed by atoms with E-state index < -0.39 is 0 Å². The molecule has 1 heterocycles. The van der Waals surface area contributed by atoms with Gasteiger partial charge in [0.05, 0.1) is 5.56 Å². The van der Waals surface area contributed by atoms with Gasteiger partial charge in [0, 0.05) is 30.3 Å². The number of carbonyl (C=O) groups is 2. The maximum absolute atomic E-state index is 12.9. The summed E-state index contributed by atoms with van der Waals surface area (Å²) in [4.78, 5) is 28.4. The zero-order valence-corrected chi connectivity index (χ0v) is 15.3. The number of hydrogen-bond donors (Lipinski definition) is 0. The first-order valence-electron chi connectivity index (χ1n) is 8.68. The monoisotopic (exact) mass is 353 g/mol. The molecular formula is C21H23NO2S. The van der Waals surface area contributed by atoms with Gasteiger partial charge in [0.15, 0.2) is 0 Å². The Kier molecular flexibility index (Phi) is 5.92. The number of rotatable bonds is 5. The molecule has 0 spiro atoms. The summed E-state index contributed by atoms with van der Waals surface area (Å²) in [6.45, 7) is 1.27. The van der Waals surface area contributed by atoms with Gasteiger partial charge in [-0.2, -0.15) is 0 Å². The molecule has 1 saturated heterocycles. The summed E-state index contributed by atoms with van der Waals surface area (Å²) in [6.07, 6.45) is 4.20. The van der Waals surface area contributed by atoms with Crippen molar-refractivity contribution in [1.82, 2.24) is 4.90 Å². The van der Waals surface area contributed by atoms with E-state index in [1.807, 2.05) is 65.8 Å². The molecule has 3 nitrogen and oxygen atoms in total. The second kappa shape index (κ2) is 8.34. The van der Waals surface area contributed by atoms with Crippen molar-refractivity contribution in [2.24, 2.45) is 5.92 Å². The molecule has 0 radical (unpaired) electrons. The van der Waals surface area contributed by atoms with E-state index >= 15 is 0 Å². The molecule has 1 aliphatic heterocycles. The Morgan fingerprint density at radius 1 is 1.08 bits per heavy atom. The number of ketones is 1. The van der Waals surface area contributed by atoms with Crippen molar-refractivity contribution in [3.05, 3.63) is 65.7 Å². The Balaban J connectivity index is 1.68. The standard InChI is InChI=1S/C21H23NO2S/c1-25-20-12-6-5-11-18(20)21(24)22-13-7-10-17(15-22)19(23)14-16-8-3-2-4-9-16/h2-6,8-9,11-12,17H,7,10,13-15H2,1H3/t17-/m1/s1. The molecule has 4 heteroatoms. The van der Waals surface area contributed by atoms with Crippen LogP contribution in [0.1, 0.15) is 28.8 Å². The van der Waals surface area contributed by atoms with Gasteiger partial charge < -0.3 is 4.90 Å². The molecule has 0 N–H and O–H groups in total. The first-order valence-corrected chi connectivity index (χ1v) is 9.90. The number of likely N-dealkylation sites (tertiary alicyclic amines) is 1. The number of Topliss-reactive ketones (excluding diaryl/α,β-unsaturated/α-hetero) is 1. The normalized spacial score (nSPS) is 17.3. The fourth-order valence-electron chi connectivity index (χ4n) is 3.36. The number of thioether (sulfide) groups is 1. The van der Waals surface area contributed by atoms with Crippen LogP contribution in [0.5, 0.6) is 0 Å². The summed E-state index contributed by atoms with van der Waals surface area (Å²) < 4.78 is 0. The van der Waals surface area contributed by atoms with E-state index in [1.54, 1.807) is 11.8 Å². The van der Waals surface area contributed by atoms with Gasteiger partial charge in [-0.05, 0) is 36.8 Å². The van der Waals surface area contributed by atoms with E-state index in [1.165, 1.54) is 0 Å². The van der Waals surface area contributed by atoms with E-state index in [-0.39, 0.29) is 17.6 Å². The van der Waals surface area contributed by atoms with Crippen LogP contribution in [0, 0.1) is 5.92 Å². The van der Waals surface area contributed by atoms with Gasteiger partial charge in [-0.1, -0.05) is 42.5 Å². The molecule has 0 saturated carbocycles. The van der Waals surface area contributed by atoms with Crippen LogP contribution in [-0.4, -0.2) is 35.9 Å². The average molecular weight is 353 g/mol. The van der Waals surface area contributed by atoms with Crippen molar-refractivity contribution >= 4 is 23.5 Å². The number of carbonyl (C=O) groups excluding carboxylic acids is 2. The zero-order valence-electron chi connectivity index (χ0n) is 14.5. The Bertz CT molecular complexity index is 745.